The van der Waals surface area contributed by atoms with E-state index < -0.39 is 34.7 Å². The van der Waals surface area contributed by atoms with Crippen LogP contribution in [-0.4, -0.2) is 68.2 Å². The standard InChI is InChI=1S/C28H35N3O5S/c1-5-6-15-29-26(35)24-28(3,4)37-17-31(24)27(36)23(33)21(16-19-11-8-7-9-12-19)30-25(34)20-13-10-14-22(32)18(20)2/h5-14,21,23-24,32-33H,15-17H2,1-4H3,(H,29,35)(H,30,34)/b6-5+/t21-,23-,24?/m0/s1. The Bertz CT molecular complexity index is 1150. The van der Waals surface area contributed by atoms with Crippen LogP contribution in [0.5, 0.6) is 5.75 Å². The molecular weight excluding hydrogens is 490 g/mol. The number of aromatic hydroxyl groups is 1. The van der Waals surface area contributed by atoms with Crippen LogP contribution in [0.1, 0.15) is 42.3 Å². The number of rotatable bonds is 9. The highest BCUT2D eigenvalue weighted by atomic mass is 32.2. The molecule has 3 atom stereocenters. The van der Waals surface area contributed by atoms with Gasteiger partial charge in [-0.1, -0.05) is 48.6 Å². The van der Waals surface area contributed by atoms with Gasteiger partial charge in [0.2, 0.25) is 5.91 Å². The maximum atomic E-state index is 13.6. The summed E-state index contributed by atoms with van der Waals surface area (Å²) in [6.07, 6.45) is 2.23. The van der Waals surface area contributed by atoms with Crippen molar-refractivity contribution in [1.29, 1.82) is 0 Å². The average molecular weight is 526 g/mol. The lowest BCUT2D eigenvalue weighted by Gasteiger charge is -2.33. The Balaban J connectivity index is 1.87. The van der Waals surface area contributed by atoms with E-state index in [1.54, 1.807) is 19.1 Å². The quantitative estimate of drug-likeness (QED) is 0.374. The number of hydrogen-bond acceptors (Lipinski definition) is 6. The minimum absolute atomic E-state index is 0.0213. The summed E-state index contributed by atoms with van der Waals surface area (Å²) >= 11 is 1.46. The molecule has 37 heavy (non-hydrogen) atoms. The van der Waals surface area contributed by atoms with Crippen molar-refractivity contribution in [2.75, 3.05) is 12.4 Å². The third kappa shape index (κ3) is 6.72. The number of thioether (sulfide) groups is 1. The molecule has 9 heteroatoms. The molecule has 1 unspecified atom stereocenters. The van der Waals surface area contributed by atoms with E-state index in [1.165, 1.54) is 22.7 Å². The zero-order valence-electron chi connectivity index (χ0n) is 21.6. The van der Waals surface area contributed by atoms with E-state index in [2.05, 4.69) is 10.6 Å². The van der Waals surface area contributed by atoms with Crippen LogP contribution in [0.4, 0.5) is 0 Å². The zero-order chi connectivity index (χ0) is 27.2. The predicted molar refractivity (Wildman–Crippen MR) is 145 cm³/mol. The predicted octanol–water partition coefficient (Wildman–Crippen LogP) is 2.78. The first-order valence-electron chi connectivity index (χ1n) is 12.2. The second-order valence-electron chi connectivity index (χ2n) is 9.57. The van der Waals surface area contributed by atoms with Gasteiger partial charge in [-0.15, -0.1) is 11.8 Å². The number of carbonyl (C=O) groups is 3. The largest absolute Gasteiger partial charge is 0.508 e. The molecule has 1 fully saturated rings. The molecule has 0 aromatic heterocycles. The Kier molecular flexibility index (Phi) is 9.39. The van der Waals surface area contributed by atoms with Gasteiger partial charge in [0.15, 0.2) is 6.10 Å². The maximum Gasteiger partial charge on any atom is 0.254 e. The van der Waals surface area contributed by atoms with Crippen molar-refractivity contribution in [3.63, 3.8) is 0 Å². The molecule has 3 amide bonds. The van der Waals surface area contributed by atoms with Gasteiger partial charge in [-0.25, -0.2) is 0 Å². The molecule has 3 rings (SSSR count). The lowest BCUT2D eigenvalue weighted by molar-refractivity contribution is -0.147. The molecule has 0 saturated carbocycles. The number of amides is 3. The number of allylic oxidation sites excluding steroid dienone is 1. The third-order valence-electron chi connectivity index (χ3n) is 6.51. The highest BCUT2D eigenvalue weighted by molar-refractivity contribution is 8.00. The normalized spacial score (nSPS) is 18.4. The fourth-order valence-corrected chi connectivity index (χ4v) is 5.49. The minimum atomic E-state index is -1.60. The minimum Gasteiger partial charge on any atom is -0.508 e. The third-order valence-corrected chi connectivity index (χ3v) is 7.88. The van der Waals surface area contributed by atoms with Crippen LogP contribution in [0.25, 0.3) is 0 Å². The number of phenols is 1. The molecule has 4 N–H and O–H groups in total. The van der Waals surface area contributed by atoms with Crippen LogP contribution < -0.4 is 10.6 Å². The van der Waals surface area contributed by atoms with E-state index in [0.717, 1.165) is 5.56 Å². The maximum absolute atomic E-state index is 13.6. The summed E-state index contributed by atoms with van der Waals surface area (Å²) in [4.78, 5) is 41.2. The Morgan fingerprint density at radius 3 is 2.54 bits per heavy atom. The van der Waals surface area contributed by atoms with Crippen molar-refractivity contribution in [1.82, 2.24) is 15.5 Å². The number of phenolic OH excluding ortho intramolecular Hbond substituents is 1. The summed E-state index contributed by atoms with van der Waals surface area (Å²) in [5, 5.41) is 27.0. The molecular formula is C28H35N3O5S. The molecule has 198 valence electrons. The number of benzene rings is 2. The SMILES string of the molecule is C/C=C/CNC(=O)C1N(C(=O)[C@@H](O)[C@H](Cc2ccccc2)NC(=O)c2cccc(O)c2C)CSC1(C)C. The molecule has 8 nitrogen and oxygen atoms in total. The molecule has 0 aliphatic carbocycles. The highest BCUT2D eigenvalue weighted by Crippen LogP contribution is 2.39. The van der Waals surface area contributed by atoms with Gasteiger partial charge in [-0.3, -0.25) is 14.4 Å². The summed E-state index contributed by atoms with van der Waals surface area (Å²) in [7, 11) is 0. The summed E-state index contributed by atoms with van der Waals surface area (Å²) in [5.74, 6) is -1.22. The number of nitrogens with zero attached hydrogens (tertiary/aromatic N) is 1. The number of aliphatic hydroxyl groups excluding tert-OH is 1. The lowest BCUT2D eigenvalue weighted by atomic mass is 9.96. The Morgan fingerprint density at radius 1 is 1.16 bits per heavy atom. The summed E-state index contributed by atoms with van der Waals surface area (Å²) in [6.45, 7) is 7.61. The molecule has 2 aromatic rings. The molecule has 0 spiro atoms. The summed E-state index contributed by atoms with van der Waals surface area (Å²) in [5.41, 5.74) is 1.47. The van der Waals surface area contributed by atoms with E-state index in [0.29, 0.717) is 12.1 Å². The number of aliphatic hydroxyl groups is 1. The van der Waals surface area contributed by atoms with Crippen molar-refractivity contribution >= 4 is 29.5 Å². The highest BCUT2D eigenvalue weighted by Gasteiger charge is 2.49. The summed E-state index contributed by atoms with van der Waals surface area (Å²) in [6, 6.07) is 12.1. The number of carbonyl (C=O) groups excluding carboxylic acids is 3. The number of nitrogens with one attached hydrogen (secondary N) is 2. The van der Waals surface area contributed by atoms with E-state index in [1.807, 2.05) is 63.3 Å². The van der Waals surface area contributed by atoms with Crippen LogP contribution in [0.15, 0.2) is 60.7 Å². The zero-order valence-corrected chi connectivity index (χ0v) is 22.4. The van der Waals surface area contributed by atoms with Gasteiger partial charge in [-0.2, -0.15) is 0 Å². The van der Waals surface area contributed by atoms with Gasteiger partial charge in [-0.05, 0) is 51.8 Å². The van der Waals surface area contributed by atoms with Crippen LogP contribution >= 0.6 is 11.8 Å². The topological polar surface area (TPSA) is 119 Å². The van der Waals surface area contributed by atoms with Gasteiger partial charge in [0, 0.05) is 22.4 Å². The van der Waals surface area contributed by atoms with Crippen LogP contribution in [-0.2, 0) is 16.0 Å². The second kappa shape index (κ2) is 12.3. The van der Waals surface area contributed by atoms with E-state index in [4.69, 9.17) is 0 Å². The fraction of sp³-hybridized carbons (Fsp3) is 0.393. The van der Waals surface area contributed by atoms with Gasteiger partial charge < -0.3 is 25.7 Å². The number of hydrogen-bond donors (Lipinski definition) is 4. The molecule has 0 bridgehead atoms. The van der Waals surface area contributed by atoms with Gasteiger partial charge in [0.1, 0.15) is 11.8 Å². The average Bonchev–Trinajstić information content (AvgIpc) is 3.19. The van der Waals surface area contributed by atoms with Crippen molar-refractivity contribution in [3.8, 4) is 5.75 Å². The molecule has 1 aliphatic heterocycles. The Hall–Kier alpha value is -3.30. The first-order chi connectivity index (χ1) is 17.6. The van der Waals surface area contributed by atoms with Crippen LogP contribution in [0, 0.1) is 6.92 Å². The molecule has 0 radical (unpaired) electrons. The van der Waals surface area contributed by atoms with Crippen molar-refractivity contribution in [2.24, 2.45) is 0 Å². The first-order valence-corrected chi connectivity index (χ1v) is 13.2. The second-order valence-corrected chi connectivity index (χ2v) is 11.2. The van der Waals surface area contributed by atoms with Gasteiger partial charge >= 0.3 is 0 Å². The molecule has 1 saturated heterocycles. The van der Waals surface area contributed by atoms with Crippen LogP contribution in [0.2, 0.25) is 0 Å². The van der Waals surface area contributed by atoms with Crippen molar-refractivity contribution < 1.29 is 24.6 Å². The summed E-state index contributed by atoms with van der Waals surface area (Å²) < 4.78 is -0.563. The molecule has 2 aromatic carbocycles. The first kappa shape index (κ1) is 28.3. The monoisotopic (exact) mass is 525 g/mol. The van der Waals surface area contributed by atoms with E-state index in [9.17, 15) is 24.6 Å². The Morgan fingerprint density at radius 2 is 1.86 bits per heavy atom. The fourth-order valence-electron chi connectivity index (χ4n) is 4.35. The smallest absolute Gasteiger partial charge is 0.254 e. The molecule has 1 aliphatic rings. The van der Waals surface area contributed by atoms with E-state index in [-0.39, 0.29) is 29.5 Å². The van der Waals surface area contributed by atoms with E-state index >= 15 is 0 Å². The Labute approximate surface area is 222 Å². The molecule has 1 heterocycles. The van der Waals surface area contributed by atoms with Gasteiger partial charge in [0.25, 0.3) is 11.8 Å². The van der Waals surface area contributed by atoms with Crippen molar-refractivity contribution in [2.45, 2.75) is 57.1 Å². The van der Waals surface area contributed by atoms with Crippen LogP contribution in [0.3, 0.4) is 0 Å². The lowest BCUT2D eigenvalue weighted by Crippen LogP contribution is -2.58. The van der Waals surface area contributed by atoms with Gasteiger partial charge in [0.05, 0.1) is 11.9 Å². The van der Waals surface area contributed by atoms with Crippen molar-refractivity contribution in [3.05, 3.63) is 77.4 Å².